The zero-order chi connectivity index (χ0) is 24.7. The van der Waals surface area contributed by atoms with E-state index in [0.29, 0.717) is 16.0 Å². The van der Waals surface area contributed by atoms with Crippen LogP contribution >= 0.6 is 11.3 Å². The quantitative estimate of drug-likeness (QED) is 0.504. The molecule has 1 heterocycles. The van der Waals surface area contributed by atoms with E-state index in [1.54, 1.807) is 53.9 Å². The number of nitrogens with one attached hydrogen (secondary N) is 2. The topological polar surface area (TPSA) is 78.5 Å². The Morgan fingerprint density at radius 3 is 2.24 bits per heavy atom. The Hall–Kier alpha value is -3.52. The van der Waals surface area contributed by atoms with Crippen LogP contribution in [-0.4, -0.2) is 34.7 Å². The van der Waals surface area contributed by atoms with Crippen molar-refractivity contribution in [2.45, 2.75) is 38.9 Å². The highest BCUT2D eigenvalue weighted by molar-refractivity contribution is 7.12. The molecule has 0 unspecified atom stereocenters. The van der Waals surface area contributed by atoms with Crippen LogP contribution in [0.1, 0.15) is 47.6 Å². The van der Waals surface area contributed by atoms with E-state index in [1.165, 1.54) is 28.4 Å². The summed E-state index contributed by atoms with van der Waals surface area (Å²) < 4.78 is 13.5. The van der Waals surface area contributed by atoms with Gasteiger partial charge in [0.2, 0.25) is 11.8 Å². The summed E-state index contributed by atoms with van der Waals surface area (Å²) in [5.41, 5.74) is 0.760. The number of nitrogens with zero attached hydrogens (tertiary/aromatic N) is 1. The number of amides is 3. The molecule has 0 aliphatic heterocycles. The van der Waals surface area contributed by atoms with Crippen LogP contribution in [0.3, 0.4) is 0 Å². The molecule has 178 valence electrons. The van der Waals surface area contributed by atoms with Crippen molar-refractivity contribution in [2.75, 3.05) is 6.54 Å². The molecular weight excluding hydrogens is 453 g/mol. The standard InChI is InChI=1S/C26H28FN3O3S/c1-26(2,3)29-25(33)23(19-8-5-4-6-9-19)30(17-18-11-13-20(27)14-12-18)22(31)16-28-24(32)21-10-7-15-34-21/h4-15,23H,16-17H2,1-3H3,(H,28,32)(H,29,33)/t23-/m1/s1. The minimum Gasteiger partial charge on any atom is -0.349 e. The van der Waals surface area contributed by atoms with Crippen molar-refractivity contribution < 1.29 is 18.8 Å². The van der Waals surface area contributed by atoms with Gasteiger partial charge in [-0.3, -0.25) is 14.4 Å². The Balaban J connectivity index is 1.93. The Morgan fingerprint density at radius 2 is 1.65 bits per heavy atom. The molecule has 3 aromatic rings. The summed E-state index contributed by atoms with van der Waals surface area (Å²) in [6.45, 7) is 5.36. The Bertz CT molecular complexity index is 1110. The molecule has 1 aromatic heterocycles. The molecule has 2 aromatic carbocycles. The lowest BCUT2D eigenvalue weighted by Crippen LogP contribution is -2.50. The van der Waals surface area contributed by atoms with Crippen LogP contribution in [0, 0.1) is 5.82 Å². The maximum atomic E-state index is 13.5. The van der Waals surface area contributed by atoms with Gasteiger partial charge < -0.3 is 15.5 Å². The molecule has 0 saturated carbocycles. The van der Waals surface area contributed by atoms with Gasteiger partial charge in [-0.2, -0.15) is 0 Å². The predicted octanol–water partition coefficient (Wildman–Crippen LogP) is 4.30. The highest BCUT2D eigenvalue weighted by atomic mass is 32.1. The van der Waals surface area contributed by atoms with Crippen molar-refractivity contribution >= 4 is 29.1 Å². The molecule has 0 aliphatic carbocycles. The molecule has 0 saturated heterocycles. The smallest absolute Gasteiger partial charge is 0.261 e. The van der Waals surface area contributed by atoms with Gasteiger partial charge in [-0.25, -0.2) is 4.39 Å². The largest absolute Gasteiger partial charge is 0.349 e. The maximum absolute atomic E-state index is 13.5. The fourth-order valence-corrected chi connectivity index (χ4v) is 4.05. The molecule has 34 heavy (non-hydrogen) atoms. The number of thiophene rings is 1. The number of carbonyl (C=O) groups excluding carboxylic acids is 3. The first-order valence-electron chi connectivity index (χ1n) is 10.9. The molecule has 0 radical (unpaired) electrons. The summed E-state index contributed by atoms with van der Waals surface area (Å²) >= 11 is 1.27. The Morgan fingerprint density at radius 1 is 0.971 bits per heavy atom. The first kappa shape index (κ1) is 25.1. The zero-order valence-electron chi connectivity index (χ0n) is 19.4. The van der Waals surface area contributed by atoms with Crippen molar-refractivity contribution in [1.82, 2.24) is 15.5 Å². The van der Waals surface area contributed by atoms with Crippen molar-refractivity contribution in [3.8, 4) is 0 Å². The van der Waals surface area contributed by atoms with E-state index >= 15 is 0 Å². The zero-order valence-corrected chi connectivity index (χ0v) is 20.2. The van der Waals surface area contributed by atoms with Crippen molar-refractivity contribution in [1.29, 1.82) is 0 Å². The fraction of sp³-hybridized carbons (Fsp3) is 0.269. The van der Waals surface area contributed by atoms with Gasteiger partial charge >= 0.3 is 0 Å². The highest BCUT2D eigenvalue weighted by Crippen LogP contribution is 2.25. The summed E-state index contributed by atoms with van der Waals surface area (Å²) in [6, 6.07) is 17.2. The molecule has 8 heteroatoms. The maximum Gasteiger partial charge on any atom is 0.261 e. The van der Waals surface area contributed by atoms with Gasteiger partial charge in [0.15, 0.2) is 0 Å². The van der Waals surface area contributed by atoms with E-state index < -0.39 is 23.3 Å². The van der Waals surface area contributed by atoms with E-state index in [2.05, 4.69) is 10.6 Å². The van der Waals surface area contributed by atoms with E-state index in [-0.39, 0.29) is 24.9 Å². The van der Waals surface area contributed by atoms with Crippen molar-refractivity contribution in [2.24, 2.45) is 0 Å². The summed E-state index contributed by atoms with van der Waals surface area (Å²) in [5.74, 6) is -1.54. The summed E-state index contributed by atoms with van der Waals surface area (Å²) in [4.78, 5) is 41.2. The normalized spacial score (nSPS) is 12.0. The minimum atomic E-state index is -0.948. The average molecular weight is 482 g/mol. The van der Waals surface area contributed by atoms with Crippen molar-refractivity contribution in [3.05, 3.63) is 93.9 Å². The second-order valence-corrected chi connectivity index (χ2v) is 9.81. The van der Waals surface area contributed by atoms with E-state index in [0.717, 1.165) is 0 Å². The summed E-state index contributed by atoms with van der Waals surface area (Å²) in [7, 11) is 0. The van der Waals surface area contributed by atoms with Crippen LogP contribution in [0.2, 0.25) is 0 Å². The molecule has 2 N–H and O–H groups in total. The highest BCUT2D eigenvalue weighted by Gasteiger charge is 2.33. The number of hydrogen-bond acceptors (Lipinski definition) is 4. The lowest BCUT2D eigenvalue weighted by atomic mass is 10.0. The van der Waals surface area contributed by atoms with Gasteiger partial charge in [-0.1, -0.05) is 48.5 Å². The summed E-state index contributed by atoms with van der Waals surface area (Å²) in [5, 5.41) is 7.38. The lowest BCUT2D eigenvalue weighted by Gasteiger charge is -2.34. The monoisotopic (exact) mass is 481 g/mol. The fourth-order valence-electron chi connectivity index (χ4n) is 3.41. The third-order valence-corrected chi connectivity index (χ3v) is 5.77. The molecular formula is C26H28FN3O3S. The first-order chi connectivity index (χ1) is 16.1. The van der Waals surface area contributed by atoms with E-state index in [4.69, 9.17) is 0 Å². The van der Waals surface area contributed by atoms with E-state index in [1.807, 2.05) is 26.8 Å². The first-order valence-corrected chi connectivity index (χ1v) is 11.7. The number of rotatable bonds is 8. The molecule has 3 rings (SSSR count). The van der Waals surface area contributed by atoms with Gasteiger partial charge in [0.05, 0.1) is 11.4 Å². The van der Waals surface area contributed by atoms with E-state index in [9.17, 15) is 18.8 Å². The van der Waals surface area contributed by atoms with Crippen LogP contribution < -0.4 is 10.6 Å². The van der Waals surface area contributed by atoms with Crippen LogP contribution in [-0.2, 0) is 16.1 Å². The molecule has 0 fully saturated rings. The van der Waals surface area contributed by atoms with Gasteiger partial charge in [0.1, 0.15) is 11.9 Å². The third kappa shape index (κ3) is 6.99. The van der Waals surface area contributed by atoms with Crippen molar-refractivity contribution in [3.63, 3.8) is 0 Å². The summed E-state index contributed by atoms with van der Waals surface area (Å²) in [6.07, 6.45) is 0. The number of halogens is 1. The number of benzene rings is 2. The molecule has 6 nitrogen and oxygen atoms in total. The number of hydrogen-bond donors (Lipinski definition) is 2. The van der Waals surface area contributed by atoms with Crippen LogP contribution in [0.4, 0.5) is 4.39 Å². The molecule has 0 aliphatic rings. The van der Waals surface area contributed by atoms with Crippen LogP contribution in [0.25, 0.3) is 0 Å². The molecule has 3 amide bonds. The number of carbonyl (C=O) groups is 3. The lowest BCUT2D eigenvalue weighted by molar-refractivity contribution is -0.141. The second-order valence-electron chi connectivity index (χ2n) is 8.86. The van der Waals surface area contributed by atoms with Crippen LogP contribution in [0.15, 0.2) is 72.1 Å². The van der Waals surface area contributed by atoms with Crippen LogP contribution in [0.5, 0.6) is 0 Å². The second kappa shape index (κ2) is 11.1. The van der Waals surface area contributed by atoms with Gasteiger partial charge in [-0.15, -0.1) is 11.3 Å². The minimum absolute atomic E-state index is 0.0606. The Labute approximate surface area is 202 Å². The van der Waals surface area contributed by atoms with Gasteiger partial charge in [0, 0.05) is 12.1 Å². The SMILES string of the molecule is CC(C)(C)NC(=O)[C@@H](c1ccccc1)N(Cc1ccc(F)cc1)C(=O)CNC(=O)c1cccs1. The van der Waals surface area contributed by atoms with Gasteiger partial charge in [0.25, 0.3) is 5.91 Å². The molecule has 1 atom stereocenters. The average Bonchev–Trinajstić information content (AvgIpc) is 3.33. The van der Waals surface area contributed by atoms with Gasteiger partial charge in [-0.05, 0) is 55.5 Å². The Kier molecular flexibility index (Phi) is 8.17. The predicted molar refractivity (Wildman–Crippen MR) is 131 cm³/mol. The third-order valence-electron chi connectivity index (χ3n) is 4.91. The molecule has 0 bridgehead atoms. The molecule has 0 spiro atoms.